The number of hydrogen-bond donors (Lipinski definition) is 2. The molecule has 0 fully saturated rings. The minimum absolute atomic E-state index is 0.383. The molecule has 0 unspecified atom stereocenters. The largest absolute Gasteiger partial charge is 0.416 e. The highest BCUT2D eigenvalue weighted by atomic mass is 19.4. The molecule has 128 valence electrons. The Morgan fingerprint density at radius 1 is 1.00 bits per heavy atom. The van der Waals surface area contributed by atoms with Crippen LogP contribution in [0.4, 0.5) is 24.5 Å². The van der Waals surface area contributed by atoms with Crippen molar-refractivity contribution < 1.29 is 13.2 Å². The van der Waals surface area contributed by atoms with Gasteiger partial charge in [-0.1, -0.05) is 12.0 Å². The van der Waals surface area contributed by atoms with Gasteiger partial charge in [0, 0.05) is 23.2 Å². The fraction of sp³-hybridized carbons (Fsp3) is 0.158. The van der Waals surface area contributed by atoms with Crippen LogP contribution in [-0.2, 0) is 12.7 Å². The van der Waals surface area contributed by atoms with Crippen molar-refractivity contribution in [2.75, 3.05) is 11.5 Å². The summed E-state index contributed by atoms with van der Waals surface area (Å²) in [6, 6.07) is 10.6. The van der Waals surface area contributed by atoms with Crippen LogP contribution in [0.5, 0.6) is 0 Å². The maximum absolute atomic E-state index is 13.0. The molecule has 1 heterocycles. The van der Waals surface area contributed by atoms with Gasteiger partial charge < -0.3 is 16.0 Å². The number of halogens is 3. The van der Waals surface area contributed by atoms with Crippen LogP contribution in [0.1, 0.15) is 23.7 Å². The second-order valence-electron chi connectivity index (χ2n) is 5.61. The van der Waals surface area contributed by atoms with E-state index in [1.54, 1.807) is 28.8 Å². The molecule has 0 saturated heterocycles. The Balaban J connectivity index is 2.15. The van der Waals surface area contributed by atoms with E-state index in [-0.39, 0.29) is 0 Å². The van der Waals surface area contributed by atoms with Gasteiger partial charge in [-0.25, -0.2) is 0 Å². The van der Waals surface area contributed by atoms with E-state index in [0.717, 1.165) is 17.7 Å². The summed E-state index contributed by atoms with van der Waals surface area (Å²) in [5.74, 6) is 5.96. The minimum atomic E-state index is -4.40. The topological polar surface area (TPSA) is 57.0 Å². The van der Waals surface area contributed by atoms with Crippen molar-refractivity contribution in [3.05, 3.63) is 59.3 Å². The quantitative estimate of drug-likeness (QED) is 0.513. The number of nitrogens with zero attached hydrogens (tertiary/aromatic N) is 1. The first-order valence-electron chi connectivity index (χ1n) is 7.67. The molecule has 1 aromatic heterocycles. The smallest absolute Gasteiger partial charge is 0.399 e. The van der Waals surface area contributed by atoms with Gasteiger partial charge in [-0.2, -0.15) is 13.2 Å². The summed E-state index contributed by atoms with van der Waals surface area (Å²) in [7, 11) is 0. The van der Waals surface area contributed by atoms with Gasteiger partial charge in [-0.15, -0.1) is 0 Å². The van der Waals surface area contributed by atoms with Crippen molar-refractivity contribution in [2.45, 2.75) is 19.6 Å². The third kappa shape index (κ3) is 3.13. The standard InChI is InChI=1S/C19H16F3N3/c1-2-25-16(10-5-12-3-7-14(23)8-4-12)18(24)15-9-6-13(11-17(15)25)19(20,21)22/h3-4,6-9,11H,2,23-24H2,1H3. The lowest BCUT2D eigenvalue weighted by Crippen LogP contribution is -2.05. The molecule has 0 aliphatic heterocycles. The molecule has 0 spiro atoms. The maximum atomic E-state index is 13.0. The van der Waals surface area contributed by atoms with Crippen LogP contribution < -0.4 is 11.5 Å². The fourth-order valence-corrected chi connectivity index (χ4v) is 2.71. The Morgan fingerprint density at radius 2 is 1.68 bits per heavy atom. The van der Waals surface area contributed by atoms with Gasteiger partial charge in [0.1, 0.15) is 5.69 Å². The highest BCUT2D eigenvalue weighted by Crippen LogP contribution is 2.35. The number of hydrogen-bond acceptors (Lipinski definition) is 2. The molecule has 0 aliphatic carbocycles. The zero-order chi connectivity index (χ0) is 18.2. The van der Waals surface area contributed by atoms with Crippen molar-refractivity contribution in [3.63, 3.8) is 0 Å². The Morgan fingerprint density at radius 3 is 2.28 bits per heavy atom. The van der Waals surface area contributed by atoms with Crippen LogP contribution in [0.25, 0.3) is 10.9 Å². The van der Waals surface area contributed by atoms with E-state index >= 15 is 0 Å². The number of nitrogens with two attached hydrogens (primary N) is 2. The van der Waals surface area contributed by atoms with Crippen LogP contribution in [-0.4, -0.2) is 4.57 Å². The maximum Gasteiger partial charge on any atom is 0.416 e. The van der Waals surface area contributed by atoms with Gasteiger partial charge >= 0.3 is 6.18 Å². The van der Waals surface area contributed by atoms with Crippen molar-refractivity contribution in [1.29, 1.82) is 0 Å². The van der Waals surface area contributed by atoms with Gasteiger partial charge in [0.25, 0.3) is 0 Å². The fourth-order valence-electron chi connectivity index (χ4n) is 2.71. The van der Waals surface area contributed by atoms with Gasteiger partial charge in [0.2, 0.25) is 0 Å². The lowest BCUT2D eigenvalue weighted by molar-refractivity contribution is -0.137. The lowest BCUT2D eigenvalue weighted by atomic mass is 10.1. The molecule has 4 N–H and O–H groups in total. The molecular weight excluding hydrogens is 327 g/mol. The van der Waals surface area contributed by atoms with Crippen LogP contribution >= 0.6 is 0 Å². The number of aromatic nitrogens is 1. The van der Waals surface area contributed by atoms with E-state index in [4.69, 9.17) is 11.5 Å². The molecular formula is C19H16F3N3. The Labute approximate surface area is 143 Å². The highest BCUT2D eigenvalue weighted by molar-refractivity contribution is 5.96. The zero-order valence-electron chi connectivity index (χ0n) is 13.5. The summed E-state index contributed by atoms with van der Waals surface area (Å²) in [5, 5.41) is 0.566. The number of fused-ring (bicyclic) bond motifs is 1. The van der Waals surface area contributed by atoms with Crippen LogP contribution in [0.3, 0.4) is 0 Å². The van der Waals surface area contributed by atoms with Crippen molar-refractivity contribution in [3.8, 4) is 11.8 Å². The first kappa shape index (κ1) is 16.8. The van der Waals surface area contributed by atoms with Crippen LogP contribution in [0.15, 0.2) is 42.5 Å². The Bertz CT molecular complexity index is 987. The highest BCUT2D eigenvalue weighted by Gasteiger charge is 2.31. The molecule has 0 aliphatic rings. The predicted molar refractivity (Wildman–Crippen MR) is 93.9 cm³/mol. The molecule has 0 radical (unpaired) electrons. The second-order valence-corrected chi connectivity index (χ2v) is 5.61. The Hall–Kier alpha value is -3.07. The molecule has 3 nitrogen and oxygen atoms in total. The SMILES string of the molecule is CCn1c(C#Cc2ccc(N)cc2)c(N)c2ccc(C(F)(F)F)cc21. The molecule has 0 saturated carbocycles. The van der Waals surface area contributed by atoms with E-state index < -0.39 is 11.7 Å². The van der Waals surface area contributed by atoms with E-state index in [9.17, 15) is 13.2 Å². The minimum Gasteiger partial charge on any atom is -0.399 e. The zero-order valence-corrected chi connectivity index (χ0v) is 13.5. The van der Waals surface area contributed by atoms with Gasteiger partial charge in [-0.05, 0) is 49.2 Å². The third-order valence-corrected chi connectivity index (χ3v) is 3.98. The van der Waals surface area contributed by atoms with Gasteiger partial charge in [-0.3, -0.25) is 0 Å². The number of anilines is 2. The molecule has 0 atom stereocenters. The van der Waals surface area contributed by atoms with Crippen LogP contribution in [0, 0.1) is 11.8 Å². The Kier molecular flexibility index (Phi) is 4.09. The molecule has 6 heteroatoms. The van der Waals surface area contributed by atoms with Crippen molar-refractivity contribution in [1.82, 2.24) is 4.57 Å². The van der Waals surface area contributed by atoms with Crippen LogP contribution in [0.2, 0.25) is 0 Å². The normalized spacial score (nSPS) is 11.4. The number of aryl methyl sites for hydroxylation is 1. The monoisotopic (exact) mass is 343 g/mol. The second kappa shape index (κ2) is 6.10. The lowest BCUT2D eigenvalue weighted by Gasteiger charge is -2.08. The predicted octanol–water partition coefficient (Wildman–Crippen LogP) is 4.24. The first-order valence-corrected chi connectivity index (χ1v) is 7.67. The van der Waals surface area contributed by atoms with E-state index in [0.29, 0.717) is 34.5 Å². The molecule has 3 rings (SSSR count). The van der Waals surface area contributed by atoms with E-state index in [2.05, 4.69) is 11.8 Å². The summed E-state index contributed by atoms with van der Waals surface area (Å²) in [5.41, 5.74) is 13.8. The molecule has 3 aromatic rings. The summed E-state index contributed by atoms with van der Waals surface area (Å²) >= 11 is 0. The molecule has 25 heavy (non-hydrogen) atoms. The van der Waals surface area contributed by atoms with E-state index in [1.807, 2.05) is 6.92 Å². The average molecular weight is 343 g/mol. The van der Waals surface area contributed by atoms with Gasteiger partial charge in [0.15, 0.2) is 0 Å². The number of nitrogen functional groups attached to an aromatic ring is 2. The summed E-state index contributed by atoms with van der Waals surface area (Å²) < 4.78 is 40.6. The summed E-state index contributed by atoms with van der Waals surface area (Å²) in [6.07, 6.45) is -4.40. The molecule has 2 aromatic carbocycles. The van der Waals surface area contributed by atoms with Crippen molar-refractivity contribution >= 4 is 22.3 Å². The number of rotatable bonds is 1. The molecule has 0 bridgehead atoms. The average Bonchev–Trinajstić information content (AvgIpc) is 2.84. The van der Waals surface area contributed by atoms with Crippen molar-refractivity contribution in [2.24, 2.45) is 0 Å². The third-order valence-electron chi connectivity index (χ3n) is 3.98. The van der Waals surface area contributed by atoms with E-state index in [1.165, 1.54) is 6.07 Å². The number of alkyl halides is 3. The van der Waals surface area contributed by atoms with Gasteiger partial charge in [0.05, 0.1) is 16.8 Å². The summed E-state index contributed by atoms with van der Waals surface area (Å²) in [6.45, 7) is 2.30. The molecule has 0 amide bonds. The summed E-state index contributed by atoms with van der Waals surface area (Å²) in [4.78, 5) is 0. The first-order chi connectivity index (χ1) is 11.8. The number of benzene rings is 2.